The van der Waals surface area contributed by atoms with Crippen LogP contribution in [0.4, 0.5) is 5.95 Å². The molecule has 1 aliphatic heterocycles. The normalized spacial score (nSPS) is 21.9. The summed E-state index contributed by atoms with van der Waals surface area (Å²) in [7, 11) is 0. The van der Waals surface area contributed by atoms with E-state index in [9.17, 15) is 0 Å². The lowest BCUT2D eigenvalue weighted by atomic mass is 9.90. The maximum absolute atomic E-state index is 6.02. The third kappa shape index (κ3) is 1.76. The minimum Gasteiger partial charge on any atom is -0.369 e. The predicted molar refractivity (Wildman–Crippen MR) is 81.2 cm³/mol. The Kier molecular flexibility index (Phi) is 2.69. The number of hydrogen-bond donors (Lipinski definition) is 2. The zero-order valence-corrected chi connectivity index (χ0v) is 12.7. The fraction of sp³-hybridized carbons (Fsp3) is 0.462. The number of hydrazine groups is 1. The number of hydrogen-bond acceptors (Lipinski definition) is 7. The molecule has 7 nitrogen and oxygen atoms in total. The third-order valence-corrected chi connectivity index (χ3v) is 5.33. The van der Waals surface area contributed by atoms with E-state index in [4.69, 9.17) is 10.6 Å². The van der Waals surface area contributed by atoms with Crippen molar-refractivity contribution in [2.75, 3.05) is 5.43 Å². The second-order valence-corrected chi connectivity index (χ2v) is 6.61. The van der Waals surface area contributed by atoms with Gasteiger partial charge in [-0.05, 0) is 18.9 Å². The van der Waals surface area contributed by atoms with Crippen LogP contribution < -0.4 is 11.3 Å². The lowest BCUT2D eigenvalue weighted by Crippen LogP contribution is -2.33. The van der Waals surface area contributed by atoms with Gasteiger partial charge in [0.2, 0.25) is 5.95 Å². The topological polar surface area (TPSA) is 90.4 Å². The number of nitrogens with zero attached hydrogens (tertiary/aromatic N) is 4. The SMILES string of the molecule is CC[C@@]1(C)Cc2c(sc3nc(NN)n4ncnc4c23)CO1. The number of nitrogens with two attached hydrogens (primary N) is 1. The van der Waals surface area contributed by atoms with Gasteiger partial charge in [-0.15, -0.1) is 11.3 Å². The Morgan fingerprint density at radius 3 is 3.19 bits per heavy atom. The molecule has 3 aromatic rings. The second-order valence-electron chi connectivity index (χ2n) is 5.53. The van der Waals surface area contributed by atoms with Crippen LogP contribution in [0.3, 0.4) is 0 Å². The van der Waals surface area contributed by atoms with Gasteiger partial charge in [0.1, 0.15) is 11.2 Å². The summed E-state index contributed by atoms with van der Waals surface area (Å²) in [4.78, 5) is 11.1. The first-order valence-electron chi connectivity index (χ1n) is 6.90. The van der Waals surface area contributed by atoms with E-state index in [2.05, 4.69) is 34.3 Å². The minimum atomic E-state index is -0.122. The molecule has 0 aliphatic carbocycles. The van der Waals surface area contributed by atoms with Gasteiger partial charge in [-0.1, -0.05) is 6.92 Å². The molecule has 3 aromatic heterocycles. The largest absolute Gasteiger partial charge is 0.369 e. The van der Waals surface area contributed by atoms with Crippen LogP contribution >= 0.6 is 11.3 Å². The molecule has 0 aromatic carbocycles. The van der Waals surface area contributed by atoms with Gasteiger partial charge < -0.3 is 4.74 Å². The van der Waals surface area contributed by atoms with E-state index < -0.39 is 0 Å². The number of anilines is 1. The number of rotatable bonds is 2. The molecule has 1 atom stereocenters. The van der Waals surface area contributed by atoms with Gasteiger partial charge in [-0.25, -0.2) is 15.8 Å². The second kappa shape index (κ2) is 4.36. The highest BCUT2D eigenvalue weighted by molar-refractivity contribution is 7.19. The highest BCUT2D eigenvalue weighted by atomic mass is 32.1. The standard InChI is InChI=1S/C13H16N6OS/c1-3-13(2)4-7-8(5-20-13)21-11-9(7)10-15-6-16-19(10)12(17-11)18-14/h6H,3-5,14H2,1-2H3,(H,17,18)/t13-/m0/s1. The lowest BCUT2D eigenvalue weighted by molar-refractivity contribution is -0.0542. The van der Waals surface area contributed by atoms with Gasteiger partial charge >= 0.3 is 0 Å². The molecule has 8 heteroatoms. The van der Waals surface area contributed by atoms with Crippen molar-refractivity contribution in [2.45, 2.75) is 38.9 Å². The van der Waals surface area contributed by atoms with Gasteiger partial charge in [-0.3, -0.25) is 5.43 Å². The van der Waals surface area contributed by atoms with Crippen molar-refractivity contribution in [3.05, 3.63) is 16.8 Å². The zero-order valence-electron chi connectivity index (χ0n) is 11.9. The van der Waals surface area contributed by atoms with Crippen LogP contribution in [-0.2, 0) is 17.8 Å². The average Bonchev–Trinajstić information content (AvgIpc) is 3.09. The van der Waals surface area contributed by atoms with Crippen LogP contribution in [-0.4, -0.2) is 25.2 Å². The average molecular weight is 304 g/mol. The smallest absolute Gasteiger partial charge is 0.241 e. The molecule has 0 saturated carbocycles. The Bertz CT molecular complexity index is 840. The molecule has 21 heavy (non-hydrogen) atoms. The Morgan fingerprint density at radius 2 is 2.43 bits per heavy atom. The summed E-state index contributed by atoms with van der Waals surface area (Å²) < 4.78 is 7.67. The number of thiophene rings is 1. The van der Waals surface area contributed by atoms with Crippen molar-refractivity contribution in [2.24, 2.45) is 5.84 Å². The van der Waals surface area contributed by atoms with Gasteiger partial charge in [-0.2, -0.15) is 9.61 Å². The molecular weight excluding hydrogens is 288 g/mol. The van der Waals surface area contributed by atoms with Crippen molar-refractivity contribution >= 4 is 33.1 Å². The number of aromatic nitrogens is 4. The maximum atomic E-state index is 6.02. The van der Waals surface area contributed by atoms with Crippen LogP contribution in [0.1, 0.15) is 30.7 Å². The third-order valence-electron chi connectivity index (χ3n) is 4.23. The fourth-order valence-electron chi connectivity index (χ4n) is 2.81. The Morgan fingerprint density at radius 1 is 1.57 bits per heavy atom. The van der Waals surface area contributed by atoms with Crippen molar-refractivity contribution in [1.82, 2.24) is 19.6 Å². The van der Waals surface area contributed by atoms with E-state index in [1.165, 1.54) is 16.8 Å². The van der Waals surface area contributed by atoms with E-state index in [0.29, 0.717) is 12.6 Å². The molecule has 1 aliphatic rings. The minimum absolute atomic E-state index is 0.122. The van der Waals surface area contributed by atoms with E-state index >= 15 is 0 Å². The molecule has 0 spiro atoms. The molecule has 0 saturated heterocycles. The van der Waals surface area contributed by atoms with Crippen molar-refractivity contribution in [3.8, 4) is 0 Å². The predicted octanol–water partition coefficient (Wildman–Crippen LogP) is 1.87. The molecule has 110 valence electrons. The number of nitrogen functional groups attached to an aromatic ring is 1. The van der Waals surface area contributed by atoms with Crippen LogP contribution in [0.2, 0.25) is 0 Å². The van der Waals surface area contributed by atoms with Crippen LogP contribution in [0.25, 0.3) is 15.9 Å². The molecule has 0 fully saturated rings. The Hall–Kier alpha value is -1.77. The zero-order chi connectivity index (χ0) is 14.6. The van der Waals surface area contributed by atoms with E-state index in [1.807, 2.05) is 0 Å². The lowest BCUT2D eigenvalue weighted by Gasteiger charge is -2.32. The van der Waals surface area contributed by atoms with Crippen molar-refractivity contribution in [1.29, 1.82) is 0 Å². The van der Waals surface area contributed by atoms with E-state index in [0.717, 1.165) is 28.7 Å². The highest BCUT2D eigenvalue weighted by Crippen LogP contribution is 2.41. The first-order valence-corrected chi connectivity index (χ1v) is 7.71. The van der Waals surface area contributed by atoms with Gasteiger partial charge in [0, 0.05) is 11.3 Å². The quantitative estimate of drug-likeness (QED) is 0.555. The van der Waals surface area contributed by atoms with E-state index in [1.54, 1.807) is 15.9 Å². The first kappa shape index (κ1) is 12.9. The summed E-state index contributed by atoms with van der Waals surface area (Å²) in [5.74, 6) is 6.03. The van der Waals surface area contributed by atoms with Crippen molar-refractivity contribution < 1.29 is 4.74 Å². The molecule has 4 rings (SSSR count). The number of ether oxygens (including phenoxy) is 1. The van der Waals surface area contributed by atoms with Gasteiger partial charge in [0.25, 0.3) is 0 Å². The summed E-state index contributed by atoms with van der Waals surface area (Å²) >= 11 is 1.65. The molecule has 0 radical (unpaired) electrons. The molecule has 0 amide bonds. The van der Waals surface area contributed by atoms with Gasteiger partial charge in [0.05, 0.1) is 17.6 Å². The van der Waals surface area contributed by atoms with Crippen LogP contribution in [0.15, 0.2) is 6.33 Å². The van der Waals surface area contributed by atoms with Crippen LogP contribution in [0, 0.1) is 0 Å². The first-order chi connectivity index (χ1) is 10.1. The molecule has 0 bridgehead atoms. The van der Waals surface area contributed by atoms with Crippen molar-refractivity contribution in [3.63, 3.8) is 0 Å². The summed E-state index contributed by atoms with van der Waals surface area (Å²) in [6, 6.07) is 0. The molecule has 3 N–H and O–H groups in total. The Balaban J connectivity index is 2.04. The summed E-state index contributed by atoms with van der Waals surface area (Å²) in [6.07, 6.45) is 3.38. The highest BCUT2D eigenvalue weighted by Gasteiger charge is 2.33. The number of nitrogens with one attached hydrogen (secondary N) is 1. The molecule has 0 unspecified atom stereocenters. The molecular formula is C13H16N6OS. The van der Waals surface area contributed by atoms with E-state index in [-0.39, 0.29) is 5.60 Å². The summed E-state index contributed by atoms with van der Waals surface area (Å²) in [5.41, 5.74) is 4.55. The summed E-state index contributed by atoms with van der Waals surface area (Å²) in [6.45, 7) is 4.94. The number of fused-ring (bicyclic) bond motifs is 5. The summed E-state index contributed by atoms with van der Waals surface area (Å²) in [5, 5.41) is 5.28. The van der Waals surface area contributed by atoms with Crippen LogP contribution in [0.5, 0.6) is 0 Å². The molecule has 4 heterocycles. The fourth-order valence-corrected chi connectivity index (χ4v) is 3.90. The van der Waals surface area contributed by atoms with Gasteiger partial charge in [0.15, 0.2) is 5.65 Å². The Labute approximate surface area is 125 Å². The monoisotopic (exact) mass is 304 g/mol. The maximum Gasteiger partial charge on any atom is 0.241 e.